The number of nitrogens with one attached hydrogen (secondary N) is 1. The number of amides is 2. The summed E-state index contributed by atoms with van der Waals surface area (Å²) >= 11 is 0. The van der Waals surface area contributed by atoms with Gasteiger partial charge in [-0.2, -0.15) is 0 Å². The lowest BCUT2D eigenvalue weighted by Gasteiger charge is -2.24. The predicted octanol–water partition coefficient (Wildman–Crippen LogP) is 3.99. The van der Waals surface area contributed by atoms with Gasteiger partial charge >= 0.3 is 6.03 Å². The van der Waals surface area contributed by atoms with E-state index in [0.29, 0.717) is 19.7 Å². The van der Waals surface area contributed by atoms with Crippen LogP contribution >= 0.6 is 0 Å². The van der Waals surface area contributed by atoms with Crippen LogP contribution in [0.5, 0.6) is 5.75 Å². The standard InChI is InChI=1S/C16H25N3O3.C4H10.C2H6/c1-2-22-15-6-4-14(5-7-15)18-9-3-10-19(12-11-18)16(21)17-8-13-20;1-4(2)3;1-2/h4-7,20H,2-3,8-13H2,1H3,(H,17,21);4H,1-3H3;1-2H3. The van der Waals surface area contributed by atoms with E-state index in [2.05, 4.69) is 43.1 Å². The summed E-state index contributed by atoms with van der Waals surface area (Å²) in [7, 11) is 0. The monoisotopic (exact) mass is 395 g/mol. The summed E-state index contributed by atoms with van der Waals surface area (Å²) in [5.41, 5.74) is 1.15. The maximum absolute atomic E-state index is 11.9. The molecule has 2 amide bonds. The quantitative estimate of drug-likeness (QED) is 0.791. The number of aliphatic hydroxyl groups excluding tert-OH is 1. The fourth-order valence-electron chi connectivity index (χ4n) is 2.57. The van der Waals surface area contributed by atoms with E-state index < -0.39 is 0 Å². The first kappa shape index (κ1) is 26.1. The van der Waals surface area contributed by atoms with E-state index in [1.54, 1.807) is 0 Å². The Morgan fingerprint density at radius 1 is 1.11 bits per heavy atom. The van der Waals surface area contributed by atoms with Crippen LogP contribution in [0.4, 0.5) is 10.5 Å². The number of anilines is 1. The van der Waals surface area contributed by atoms with Crippen molar-refractivity contribution in [1.82, 2.24) is 10.2 Å². The molecule has 0 aromatic heterocycles. The van der Waals surface area contributed by atoms with E-state index in [1.165, 1.54) is 0 Å². The van der Waals surface area contributed by atoms with Crippen LogP contribution in [0.3, 0.4) is 0 Å². The normalized spacial score (nSPS) is 13.6. The van der Waals surface area contributed by atoms with Gasteiger partial charge in [0.05, 0.1) is 13.2 Å². The SMILES string of the molecule is CC.CC(C)C.CCOc1ccc(N2CCCN(C(=O)NCCO)CC2)cc1. The summed E-state index contributed by atoms with van der Waals surface area (Å²) in [6.45, 7) is 16.6. The summed E-state index contributed by atoms with van der Waals surface area (Å²) in [4.78, 5) is 16.0. The lowest BCUT2D eigenvalue weighted by Crippen LogP contribution is -2.42. The molecule has 6 nitrogen and oxygen atoms in total. The Bertz CT molecular complexity index is 503. The molecule has 1 saturated heterocycles. The number of carbonyl (C=O) groups excluding carboxylic acids is 1. The predicted molar refractivity (Wildman–Crippen MR) is 118 cm³/mol. The number of benzene rings is 1. The number of urea groups is 1. The van der Waals surface area contributed by atoms with Crippen molar-refractivity contribution in [2.24, 2.45) is 5.92 Å². The molecular weight excluding hydrogens is 354 g/mol. The number of hydrogen-bond donors (Lipinski definition) is 2. The molecule has 6 heteroatoms. The summed E-state index contributed by atoms with van der Waals surface area (Å²) in [5.74, 6) is 1.71. The second-order valence-electron chi connectivity index (χ2n) is 6.94. The van der Waals surface area contributed by atoms with E-state index in [4.69, 9.17) is 9.84 Å². The van der Waals surface area contributed by atoms with E-state index in [0.717, 1.165) is 43.4 Å². The first-order valence-electron chi connectivity index (χ1n) is 10.6. The van der Waals surface area contributed by atoms with Gasteiger partial charge in [0, 0.05) is 38.4 Å². The molecule has 1 fully saturated rings. The maximum atomic E-state index is 11.9. The average molecular weight is 396 g/mol. The number of carbonyl (C=O) groups is 1. The minimum atomic E-state index is -0.0948. The number of nitrogens with zero attached hydrogens (tertiary/aromatic N) is 2. The second-order valence-corrected chi connectivity index (χ2v) is 6.94. The van der Waals surface area contributed by atoms with Gasteiger partial charge in [-0.15, -0.1) is 0 Å². The Balaban J connectivity index is 0.00000108. The second kappa shape index (κ2) is 16.0. The lowest BCUT2D eigenvalue weighted by atomic mass is 10.2. The highest BCUT2D eigenvalue weighted by Gasteiger charge is 2.18. The molecule has 1 heterocycles. The molecule has 0 radical (unpaired) electrons. The first-order chi connectivity index (χ1) is 13.5. The van der Waals surface area contributed by atoms with Gasteiger partial charge in [0.15, 0.2) is 0 Å². The molecule has 0 unspecified atom stereocenters. The van der Waals surface area contributed by atoms with Gasteiger partial charge in [0.1, 0.15) is 5.75 Å². The molecule has 28 heavy (non-hydrogen) atoms. The number of ether oxygens (including phenoxy) is 1. The average Bonchev–Trinajstić information content (AvgIpc) is 2.94. The highest BCUT2D eigenvalue weighted by atomic mass is 16.5. The van der Waals surface area contributed by atoms with E-state index in [9.17, 15) is 4.79 Å². The highest BCUT2D eigenvalue weighted by Crippen LogP contribution is 2.20. The Morgan fingerprint density at radius 3 is 2.25 bits per heavy atom. The van der Waals surface area contributed by atoms with Gasteiger partial charge in [0.2, 0.25) is 0 Å². The third kappa shape index (κ3) is 11.0. The van der Waals surface area contributed by atoms with E-state index >= 15 is 0 Å². The third-order valence-corrected chi connectivity index (χ3v) is 3.68. The molecule has 2 rings (SSSR count). The molecule has 162 valence electrons. The number of aliphatic hydroxyl groups is 1. The third-order valence-electron chi connectivity index (χ3n) is 3.68. The molecule has 2 N–H and O–H groups in total. The van der Waals surface area contributed by atoms with Crippen LogP contribution in [0.2, 0.25) is 0 Å². The van der Waals surface area contributed by atoms with Gasteiger partial charge in [-0.1, -0.05) is 34.6 Å². The molecule has 1 aromatic carbocycles. The van der Waals surface area contributed by atoms with Crippen molar-refractivity contribution in [2.75, 3.05) is 50.8 Å². The largest absolute Gasteiger partial charge is 0.494 e. The zero-order valence-corrected chi connectivity index (χ0v) is 18.7. The first-order valence-corrected chi connectivity index (χ1v) is 10.6. The molecule has 0 spiro atoms. The molecule has 1 aromatic rings. The minimum Gasteiger partial charge on any atom is -0.494 e. The molecule has 0 bridgehead atoms. The summed E-state index contributed by atoms with van der Waals surface area (Å²) in [6, 6.07) is 7.99. The van der Waals surface area contributed by atoms with Crippen molar-refractivity contribution in [3.05, 3.63) is 24.3 Å². The Morgan fingerprint density at radius 2 is 1.71 bits per heavy atom. The molecule has 0 atom stereocenters. The van der Waals surface area contributed by atoms with Crippen LogP contribution in [-0.2, 0) is 0 Å². The van der Waals surface area contributed by atoms with Gasteiger partial charge < -0.3 is 25.0 Å². The van der Waals surface area contributed by atoms with Crippen molar-refractivity contribution in [1.29, 1.82) is 0 Å². The van der Waals surface area contributed by atoms with Crippen LogP contribution in [0.25, 0.3) is 0 Å². The van der Waals surface area contributed by atoms with Gasteiger partial charge in [0.25, 0.3) is 0 Å². The summed E-state index contributed by atoms with van der Waals surface area (Å²) in [5, 5.41) is 11.5. The Labute approximate surface area is 171 Å². The maximum Gasteiger partial charge on any atom is 0.317 e. The molecule has 1 aliphatic heterocycles. The fourth-order valence-corrected chi connectivity index (χ4v) is 2.57. The smallest absolute Gasteiger partial charge is 0.317 e. The Hall–Kier alpha value is -1.95. The molecule has 0 aliphatic carbocycles. The summed E-state index contributed by atoms with van der Waals surface area (Å²) in [6.07, 6.45) is 0.930. The van der Waals surface area contributed by atoms with Crippen molar-refractivity contribution in [3.8, 4) is 5.75 Å². The van der Waals surface area contributed by atoms with E-state index in [-0.39, 0.29) is 12.6 Å². The van der Waals surface area contributed by atoms with Crippen LogP contribution in [0.1, 0.15) is 48.0 Å². The van der Waals surface area contributed by atoms with Gasteiger partial charge in [-0.05, 0) is 43.5 Å². The Kier molecular flexibility index (Phi) is 14.9. The lowest BCUT2D eigenvalue weighted by molar-refractivity contribution is 0.197. The highest BCUT2D eigenvalue weighted by molar-refractivity contribution is 5.74. The van der Waals surface area contributed by atoms with Crippen molar-refractivity contribution >= 4 is 11.7 Å². The topological polar surface area (TPSA) is 65.0 Å². The molecule has 1 aliphatic rings. The van der Waals surface area contributed by atoms with Crippen LogP contribution in [-0.4, -0.2) is 62.0 Å². The zero-order valence-electron chi connectivity index (χ0n) is 18.7. The zero-order chi connectivity index (χ0) is 21.4. The van der Waals surface area contributed by atoms with Crippen molar-refractivity contribution < 1.29 is 14.6 Å². The van der Waals surface area contributed by atoms with Crippen LogP contribution in [0, 0.1) is 5.92 Å². The fraction of sp³-hybridized carbons (Fsp3) is 0.682. The van der Waals surface area contributed by atoms with Gasteiger partial charge in [-0.3, -0.25) is 0 Å². The summed E-state index contributed by atoms with van der Waals surface area (Å²) < 4.78 is 5.46. The molecule has 0 saturated carbocycles. The van der Waals surface area contributed by atoms with Crippen LogP contribution in [0.15, 0.2) is 24.3 Å². The molecular formula is C22H41N3O3. The number of hydrogen-bond acceptors (Lipinski definition) is 4. The van der Waals surface area contributed by atoms with Gasteiger partial charge in [-0.25, -0.2) is 4.79 Å². The van der Waals surface area contributed by atoms with Crippen LogP contribution < -0.4 is 15.0 Å². The van der Waals surface area contributed by atoms with Crippen molar-refractivity contribution in [2.45, 2.75) is 48.0 Å². The van der Waals surface area contributed by atoms with E-state index in [1.807, 2.05) is 37.8 Å². The number of rotatable bonds is 5. The minimum absolute atomic E-state index is 0.0299. The van der Waals surface area contributed by atoms with Crippen molar-refractivity contribution in [3.63, 3.8) is 0 Å².